The van der Waals surface area contributed by atoms with Crippen LogP contribution in [0.5, 0.6) is 0 Å². The van der Waals surface area contributed by atoms with E-state index in [4.69, 9.17) is 22.1 Å². The Hall–Kier alpha value is -1.72. The topological polar surface area (TPSA) is 97.5 Å². The van der Waals surface area contributed by atoms with Crippen LogP contribution in [0.3, 0.4) is 0 Å². The fourth-order valence-electron chi connectivity index (χ4n) is 2.96. The molecule has 0 bridgehead atoms. The second-order valence-electron chi connectivity index (χ2n) is 6.82. The van der Waals surface area contributed by atoms with Gasteiger partial charge in [0.05, 0.1) is 35.6 Å². The molecule has 1 saturated heterocycles. The molecule has 30 heavy (non-hydrogen) atoms. The highest BCUT2D eigenvalue weighted by Crippen LogP contribution is 2.22. The third-order valence-corrected chi connectivity index (χ3v) is 6.71. The Morgan fingerprint density at radius 1 is 1.47 bits per heavy atom. The predicted octanol–water partition coefficient (Wildman–Crippen LogP) is 2.07. The van der Waals surface area contributed by atoms with E-state index < -0.39 is 11.7 Å². The van der Waals surface area contributed by atoms with Gasteiger partial charge in [0.15, 0.2) is 4.34 Å². The summed E-state index contributed by atoms with van der Waals surface area (Å²) >= 11 is 8.55. The molecule has 7 nitrogen and oxygen atoms in total. The van der Waals surface area contributed by atoms with Gasteiger partial charge < -0.3 is 15.8 Å². The molecule has 11 heteroatoms. The van der Waals surface area contributed by atoms with Gasteiger partial charge in [-0.3, -0.25) is 14.5 Å². The van der Waals surface area contributed by atoms with Crippen molar-refractivity contribution in [1.82, 2.24) is 15.2 Å². The number of primary amides is 1. The van der Waals surface area contributed by atoms with Gasteiger partial charge in [0.1, 0.15) is 5.82 Å². The number of nitrogens with two attached hydrogens (primary N) is 1. The van der Waals surface area contributed by atoms with E-state index in [9.17, 15) is 14.0 Å². The first-order valence-electron chi connectivity index (χ1n) is 9.29. The van der Waals surface area contributed by atoms with Crippen molar-refractivity contribution in [1.29, 1.82) is 0 Å². The number of thiazole rings is 1. The summed E-state index contributed by atoms with van der Waals surface area (Å²) in [6.07, 6.45) is -0.0197. The lowest BCUT2D eigenvalue weighted by atomic mass is 10.2. The minimum absolute atomic E-state index is 0.100. The number of carbonyl (C=O) groups is 2. The Morgan fingerprint density at radius 2 is 2.30 bits per heavy atom. The molecule has 1 aliphatic rings. The minimum atomic E-state index is -0.432. The Labute approximate surface area is 187 Å². The lowest BCUT2D eigenvalue weighted by molar-refractivity contribution is -0.120. The first-order chi connectivity index (χ1) is 14.4. The van der Waals surface area contributed by atoms with Gasteiger partial charge in [0.2, 0.25) is 11.8 Å². The summed E-state index contributed by atoms with van der Waals surface area (Å²) in [5.41, 5.74) is 6.70. The van der Waals surface area contributed by atoms with Crippen LogP contribution in [-0.2, 0) is 27.3 Å². The molecule has 1 aromatic carbocycles. The molecular weight excluding hydrogens is 451 g/mol. The number of aromatic nitrogens is 1. The van der Waals surface area contributed by atoms with E-state index >= 15 is 0 Å². The fraction of sp³-hybridized carbons (Fsp3) is 0.421. The molecule has 162 valence electrons. The maximum Gasteiger partial charge on any atom is 0.230 e. The smallest absolute Gasteiger partial charge is 0.230 e. The van der Waals surface area contributed by atoms with Crippen LogP contribution in [0.15, 0.2) is 27.9 Å². The number of benzene rings is 1. The number of hydrogen-bond acceptors (Lipinski definition) is 7. The van der Waals surface area contributed by atoms with Gasteiger partial charge in [-0.25, -0.2) is 9.37 Å². The van der Waals surface area contributed by atoms with E-state index in [1.165, 1.54) is 29.2 Å². The number of amides is 2. The lowest BCUT2D eigenvalue weighted by Gasteiger charge is -2.33. The molecule has 3 N–H and O–H groups in total. The summed E-state index contributed by atoms with van der Waals surface area (Å²) < 4.78 is 19.8. The van der Waals surface area contributed by atoms with Gasteiger partial charge in [0.25, 0.3) is 0 Å². The largest absolute Gasteiger partial charge is 0.374 e. The Balaban J connectivity index is 1.39. The van der Waals surface area contributed by atoms with Gasteiger partial charge >= 0.3 is 0 Å². The van der Waals surface area contributed by atoms with Gasteiger partial charge in [-0.15, -0.1) is 11.3 Å². The monoisotopic (exact) mass is 472 g/mol. The fourth-order valence-corrected chi connectivity index (χ4v) is 4.84. The summed E-state index contributed by atoms with van der Waals surface area (Å²) in [4.78, 5) is 29.5. The van der Waals surface area contributed by atoms with Gasteiger partial charge in [-0.05, 0) is 17.7 Å². The highest BCUT2D eigenvalue weighted by Gasteiger charge is 2.21. The number of rotatable bonds is 9. The van der Waals surface area contributed by atoms with Gasteiger partial charge in [0, 0.05) is 31.6 Å². The normalized spacial score (nSPS) is 17.1. The first-order valence-corrected chi connectivity index (χ1v) is 11.5. The van der Waals surface area contributed by atoms with Crippen molar-refractivity contribution < 1.29 is 18.7 Å². The summed E-state index contributed by atoms with van der Waals surface area (Å²) in [5.74, 6) is -0.743. The van der Waals surface area contributed by atoms with Crippen LogP contribution in [0.2, 0.25) is 5.02 Å². The van der Waals surface area contributed by atoms with E-state index in [-0.39, 0.29) is 29.2 Å². The Kier molecular flexibility index (Phi) is 8.46. The second-order valence-corrected chi connectivity index (χ2v) is 9.30. The quantitative estimate of drug-likeness (QED) is 0.542. The molecule has 0 spiro atoms. The first kappa shape index (κ1) is 23.0. The van der Waals surface area contributed by atoms with Crippen LogP contribution in [0.25, 0.3) is 0 Å². The van der Waals surface area contributed by atoms with E-state index in [1.807, 2.05) is 0 Å². The molecular formula is C19H22ClFN4O3S2. The summed E-state index contributed by atoms with van der Waals surface area (Å²) in [6.45, 7) is 3.02. The van der Waals surface area contributed by atoms with Gasteiger partial charge in [-0.1, -0.05) is 29.4 Å². The maximum absolute atomic E-state index is 13.3. The highest BCUT2D eigenvalue weighted by atomic mass is 35.5. The third kappa shape index (κ3) is 7.21. The van der Waals surface area contributed by atoms with Crippen molar-refractivity contribution in [3.05, 3.63) is 45.7 Å². The highest BCUT2D eigenvalue weighted by molar-refractivity contribution is 8.01. The number of morpholine rings is 1. The zero-order valence-electron chi connectivity index (χ0n) is 16.1. The molecule has 2 heterocycles. The molecule has 0 saturated carbocycles. The number of halogens is 2. The van der Waals surface area contributed by atoms with E-state index in [0.717, 1.165) is 16.4 Å². The molecule has 0 radical (unpaired) electrons. The number of hydrogen-bond donors (Lipinski definition) is 2. The van der Waals surface area contributed by atoms with Crippen LogP contribution in [0.4, 0.5) is 4.39 Å². The number of carbonyl (C=O) groups excluding carboxylic acids is 2. The van der Waals surface area contributed by atoms with Gasteiger partial charge in [-0.2, -0.15) is 0 Å². The number of nitrogens with zero attached hydrogens (tertiary/aromatic N) is 2. The van der Waals surface area contributed by atoms with Crippen molar-refractivity contribution in [2.45, 2.75) is 23.4 Å². The zero-order valence-corrected chi connectivity index (χ0v) is 18.5. The molecule has 1 fully saturated rings. The van der Waals surface area contributed by atoms with Crippen molar-refractivity contribution in [3.8, 4) is 0 Å². The zero-order chi connectivity index (χ0) is 21.5. The van der Waals surface area contributed by atoms with Crippen molar-refractivity contribution in [3.63, 3.8) is 0 Å². The van der Waals surface area contributed by atoms with Crippen LogP contribution >= 0.6 is 34.7 Å². The van der Waals surface area contributed by atoms with Crippen molar-refractivity contribution >= 4 is 46.5 Å². The van der Waals surface area contributed by atoms with E-state index in [2.05, 4.69) is 15.2 Å². The average Bonchev–Trinajstić information content (AvgIpc) is 3.14. The standard InChI is InChI=1S/C19H22ClFN4O3S2/c20-15-5-12(1-2-16(15)21)8-25-3-4-28-14(9-25)7-23-18(27)11-30-19-24-13(10-29-19)6-17(22)26/h1-2,5,10,14H,3-4,6-9,11H2,(H2,22,26)(H,23,27). The molecule has 1 aromatic heterocycles. The average molecular weight is 473 g/mol. The predicted molar refractivity (Wildman–Crippen MR) is 115 cm³/mol. The van der Waals surface area contributed by atoms with Crippen LogP contribution < -0.4 is 11.1 Å². The Bertz CT molecular complexity index is 898. The molecule has 3 rings (SSSR count). The molecule has 0 aliphatic carbocycles. The number of nitrogens with one attached hydrogen (secondary N) is 1. The molecule has 1 atom stereocenters. The summed E-state index contributed by atoms with van der Waals surface area (Å²) in [7, 11) is 0. The number of thioether (sulfide) groups is 1. The summed E-state index contributed by atoms with van der Waals surface area (Å²) in [5, 5.41) is 4.77. The summed E-state index contributed by atoms with van der Waals surface area (Å²) in [6, 6.07) is 4.72. The van der Waals surface area contributed by atoms with Crippen LogP contribution in [0, 0.1) is 5.82 Å². The van der Waals surface area contributed by atoms with Crippen molar-refractivity contribution in [2.75, 3.05) is 32.0 Å². The van der Waals surface area contributed by atoms with E-state index in [0.29, 0.717) is 31.9 Å². The number of ether oxygens (including phenoxy) is 1. The lowest BCUT2D eigenvalue weighted by Crippen LogP contribution is -2.47. The molecule has 1 aliphatic heterocycles. The molecule has 2 aromatic rings. The minimum Gasteiger partial charge on any atom is -0.374 e. The van der Waals surface area contributed by atoms with Crippen LogP contribution in [-0.4, -0.2) is 59.8 Å². The molecule has 2 amide bonds. The SMILES string of the molecule is NC(=O)Cc1csc(SCC(=O)NCC2CN(Cc3ccc(F)c(Cl)c3)CCO2)n1. The van der Waals surface area contributed by atoms with E-state index in [1.54, 1.807) is 17.5 Å². The Morgan fingerprint density at radius 3 is 3.07 bits per heavy atom. The molecule has 1 unspecified atom stereocenters. The second kappa shape index (κ2) is 11.1. The maximum atomic E-state index is 13.3. The third-order valence-electron chi connectivity index (χ3n) is 4.35. The van der Waals surface area contributed by atoms with Crippen LogP contribution in [0.1, 0.15) is 11.3 Å². The van der Waals surface area contributed by atoms with Crippen molar-refractivity contribution in [2.24, 2.45) is 5.73 Å².